The summed E-state index contributed by atoms with van der Waals surface area (Å²) in [4.78, 5) is 17.0. The van der Waals surface area contributed by atoms with Crippen LogP contribution in [-0.2, 0) is 4.74 Å². The number of amides is 1. The van der Waals surface area contributed by atoms with E-state index in [0.717, 1.165) is 38.9 Å². The molecule has 4 heterocycles. The smallest absolute Gasteiger partial charge is 0.257 e. The van der Waals surface area contributed by atoms with Gasteiger partial charge in [0.2, 0.25) is 0 Å². The standard InChI is InChI=1S/C18H26N2O3/c21-17(15-5-11-22-13-15)20-10-7-18(14-20)6-3-4-16(23-18)12-19-8-1-2-9-19/h5,11,13,16H,1-4,6-10,12,14H2/t16-,18+/m0/s1. The third kappa shape index (κ3) is 3.17. The van der Waals surface area contributed by atoms with Gasteiger partial charge < -0.3 is 19.0 Å². The van der Waals surface area contributed by atoms with Gasteiger partial charge in [-0.2, -0.15) is 0 Å². The van der Waals surface area contributed by atoms with Crippen molar-refractivity contribution in [2.45, 2.75) is 50.2 Å². The van der Waals surface area contributed by atoms with Crippen LogP contribution in [0.25, 0.3) is 0 Å². The van der Waals surface area contributed by atoms with Crippen LogP contribution in [0, 0.1) is 0 Å². The predicted molar refractivity (Wildman–Crippen MR) is 86.4 cm³/mol. The quantitative estimate of drug-likeness (QED) is 0.859. The molecule has 3 saturated heterocycles. The van der Waals surface area contributed by atoms with E-state index < -0.39 is 0 Å². The predicted octanol–water partition coefficient (Wildman–Crippen LogP) is 2.53. The lowest BCUT2D eigenvalue weighted by Crippen LogP contribution is -2.47. The lowest BCUT2D eigenvalue weighted by Gasteiger charge is -2.40. The van der Waals surface area contributed by atoms with E-state index in [1.54, 1.807) is 12.3 Å². The molecule has 3 aliphatic heterocycles. The Hall–Kier alpha value is -1.33. The number of rotatable bonds is 3. The molecule has 0 aromatic carbocycles. The van der Waals surface area contributed by atoms with Crippen LogP contribution < -0.4 is 0 Å². The van der Waals surface area contributed by atoms with Gasteiger partial charge in [0.15, 0.2) is 0 Å². The highest BCUT2D eigenvalue weighted by Crippen LogP contribution is 2.37. The monoisotopic (exact) mass is 318 g/mol. The van der Waals surface area contributed by atoms with Crippen molar-refractivity contribution < 1.29 is 13.9 Å². The summed E-state index contributed by atoms with van der Waals surface area (Å²) in [5.74, 6) is 0.0703. The van der Waals surface area contributed by atoms with E-state index in [2.05, 4.69) is 4.90 Å². The first-order valence-corrected chi connectivity index (χ1v) is 8.96. The summed E-state index contributed by atoms with van der Waals surface area (Å²) in [6.45, 7) is 5.03. The van der Waals surface area contributed by atoms with E-state index in [0.29, 0.717) is 11.7 Å². The summed E-state index contributed by atoms with van der Waals surface area (Å²) in [7, 11) is 0. The fourth-order valence-electron chi connectivity index (χ4n) is 4.39. The highest BCUT2D eigenvalue weighted by atomic mass is 16.5. The maximum absolute atomic E-state index is 12.5. The van der Waals surface area contributed by atoms with Crippen LogP contribution in [0.4, 0.5) is 0 Å². The third-order valence-corrected chi connectivity index (χ3v) is 5.61. The second kappa shape index (κ2) is 6.29. The molecule has 1 amide bonds. The number of hydrogen-bond donors (Lipinski definition) is 0. The molecule has 0 unspecified atom stereocenters. The van der Waals surface area contributed by atoms with Crippen molar-refractivity contribution in [1.29, 1.82) is 0 Å². The van der Waals surface area contributed by atoms with Crippen molar-refractivity contribution in [2.24, 2.45) is 0 Å². The molecule has 0 bridgehead atoms. The molecule has 1 aromatic rings. The van der Waals surface area contributed by atoms with Gasteiger partial charge in [-0.15, -0.1) is 0 Å². The van der Waals surface area contributed by atoms with Crippen LogP contribution in [0.3, 0.4) is 0 Å². The van der Waals surface area contributed by atoms with Gasteiger partial charge in [-0.3, -0.25) is 4.79 Å². The van der Waals surface area contributed by atoms with Crippen LogP contribution >= 0.6 is 0 Å². The van der Waals surface area contributed by atoms with Gasteiger partial charge in [0.1, 0.15) is 6.26 Å². The molecule has 0 radical (unpaired) electrons. The summed E-state index contributed by atoms with van der Waals surface area (Å²) in [5.41, 5.74) is 0.536. The number of likely N-dealkylation sites (tertiary alicyclic amines) is 2. The maximum atomic E-state index is 12.5. The molecule has 5 nitrogen and oxygen atoms in total. The first-order chi connectivity index (χ1) is 11.2. The normalized spacial score (nSPS) is 32.0. The van der Waals surface area contributed by atoms with E-state index >= 15 is 0 Å². The van der Waals surface area contributed by atoms with Gasteiger partial charge in [-0.25, -0.2) is 0 Å². The Morgan fingerprint density at radius 1 is 1.22 bits per heavy atom. The van der Waals surface area contributed by atoms with Gasteiger partial charge in [-0.1, -0.05) is 0 Å². The second-order valence-corrected chi connectivity index (χ2v) is 7.31. The summed E-state index contributed by atoms with van der Waals surface area (Å²) >= 11 is 0. The fraction of sp³-hybridized carbons (Fsp3) is 0.722. The zero-order valence-electron chi connectivity index (χ0n) is 13.7. The molecule has 0 aliphatic carbocycles. The van der Waals surface area contributed by atoms with E-state index in [4.69, 9.17) is 9.15 Å². The van der Waals surface area contributed by atoms with Gasteiger partial charge in [0.05, 0.1) is 30.1 Å². The SMILES string of the molecule is O=C(c1ccoc1)N1CC[C@]2(CCC[C@@H](CN3CCCC3)O2)C1. The van der Waals surface area contributed by atoms with Gasteiger partial charge >= 0.3 is 0 Å². The molecule has 126 valence electrons. The third-order valence-electron chi connectivity index (χ3n) is 5.61. The summed E-state index contributed by atoms with van der Waals surface area (Å²) in [6.07, 6.45) is 10.5. The molecule has 1 spiro atoms. The first-order valence-electron chi connectivity index (χ1n) is 8.96. The summed E-state index contributed by atoms with van der Waals surface area (Å²) < 4.78 is 11.6. The van der Waals surface area contributed by atoms with Crippen LogP contribution in [0.2, 0.25) is 0 Å². The zero-order valence-corrected chi connectivity index (χ0v) is 13.7. The average Bonchev–Trinajstić information content (AvgIpc) is 3.28. The molecule has 1 aromatic heterocycles. The van der Waals surface area contributed by atoms with Crippen LogP contribution in [0.15, 0.2) is 23.0 Å². The summed E-state index contributed by atoms with van der Waals surface area (Å²) in [6, 6.07) is 1.74. The Morgan fingerprint density at radius 3 is 2.87 bits per heavy atom. The number of hydrogen-bond acceptors (Lipinski definition) is 4. The Labute approximate surface area is 137 Å². The Balaban J connectivity index is 1.37. The Kier molecular flexibility index (Phi) is 4.16. The van der Waals surface area contributed by atoms with E-state index in [1.165, 1.54) is 38.6 Å². The van der Waals surface area contributed by atoms with Crippen molar-refractivity contribution in [3.05, 3.63) is 24.2 Å². The van der Waals surface area contributed by atoms with E-state index in [9.17, 15) is 4.79 Å². The molecule has 0 saturated carbocycles. The number of furan rings is 1. The minimum atomic E-state index is -0.109. The summed E-state index contributed by atoms with van der Waals surface area (Å²) in [5, 5.41) is 0. The molecular weight excluding hydrogens is 292 g/mol. The van der Waals surface area contributed by atoms with Crippen LogP contribution in [0.5, 0.6) is 0 Å². The zero-order chi connectivity index (χ0) is 15.7. The molecule has 3 aliphatic rings. The highest BCUT2D eigenvalue weighted by Gasteiger charge is 2.44. The average molecular weight is 318 g/mol. The number of carbonyl (C=O) groups excluding carboxylic acids is 1. The minimum absolute atomic E-state index is 0.0703. The Morgan fingerprint density at radius 2 is 2.09 bits per heavy atom. The first kappa shape index (κ1) is 15.2. The van der Waals surface area contributed by atoms with Crippen molar-refractivity contribution in [3.8, 4) is 0 Å². The van der Waals surface area contributed by atoms with Gasteiger partial charge in [0, 0.05) is 13.1 Å². The van der Waals surface area contributed by atoms with Crippen molar-refractivity contribution in [1.82, 2.24) is 9.80 Å². The van der Waals surface area contributed by atoms with E-state index in [1.807, 2.05) is 4.90 Å². The number of nitrogens with zero attached hydrogens (tertiary/aromatic N) is 2. The number of ether oxygens (including phenoxy) is 1. The molecule has 23 heavy (non-hydrogen) atoms. The topological polar surface area (TPSA) is 45.9 Å². The molecule has 3 fully saturated rings. The fourth-order valence-corrected chi connectivity index (χ4v) is 4.39. The molecule has 4 rings (SSSR count). The van der Waals surface area contributed by atoms with Gasteiger partial charge in [-0.05, 0) is 57.7 Å². The maximum Gasteiger partial charge on any atom is 0.257 e. The van der Waals surface area contributed by atoms with Crippen LogP contribution in [0.1, 0.15) is 48.9 Å². The van der Waals surface area contributed by atoms with Gasteiger partial charge in [0.25, 0.3) is 5.91 Å². The molecular formula is C18H26N2O3. The number of carbonyl (C=O) groups is 1. The lowest BCUT2D eigenvalue weighted by molar-refractivity contribution is -0.126. The highest BCUT2D eigenvalue weighted by molar-refractivity contribution is 5.94. The molecule has 0 N–H and O–H groups in total. The Bertz CT molecular complexity index is 538. The van der Waals surface area contributed by atoms with Crippen molar-refractivity contribution in [3.63, 3.8) is 0 Å². The largest absolute Gasteiger partial charge is 0.472 e. The minimum Gasteiger partial charge on any atom is -0.472 e. The molecule has 2 atom stereocenters. The molecule has 5 heteroatoms. The van der Waals surface area contributed by atoms with Crippen LogP contribution in [-0.4, -0.2) is 60.1 Å². The van der Waals surface area contributed by atoms with Crippen molar-refractivity contribution in [2.75, 3.05) is 32.7 Å². The van der Waals surface area contributed by atoms with E-state index in [-0.39, 0.29) is 11.5 Å². The van der Waals surface area contributed by atoms with Crippen molar-refractivity contribution >= 4 is 5.91 Å². The lowest BCUT2D eigenvalue weighted by atomic mass is 9.90. The second-order valence-electron chi connectivity index (χ2n) is 7.31.